The van der Waals surface area contributed by atoms with Crippen LogP contribution < -0.4 is 15.9 Å². The molecule has 0 saturated heterocycles. The number of hydrogen-bond donors (Lipinski definition) is 0. The Bertz CT molecular complexity index is 1480. The van der Waals surface area contributed by atoms with Gasteiger partial charge in [-0.1, -0.05) is 103 Å². The Hall–Kier alpha value is -3.41. The van der Waals surface area contributed by atoms with Gasteiger partial charge in [0.1, 0.15) is 0 Å². The van der Waals surface area contributed by atoms with Crippen LogP contribution in [0, 0.1) is 20.8 Å². The van der Waals surface area contributed by atoms with Crippen LogP contribution in [-0.4, -0.2) is 0 Å². The molecule has 0 radical (unpaired) electrons. The normalized spacial score (nSPS) is 11.6. The average molecular weight is 447 g/mol. The van der Waals surface area contributed by atoms with E-state index in [1.165, 1.54) is 10.8 Å². The van der Waals surface area contributed by atoms with Gasteiger partial charge in [0.25, 0.3) is 0 Å². The highest BCUT2D eigenvalue weighted by Crippen LogP contribution is 2.48. The van der Waals surface area contributed by atoms with E-state index in [1.807, 2.05) is 36.4 Å². The molecule has 2 heteroatoms. The van der Waals surface area contributed by atoms with E-state index in [0.29, 0.717) is 0 Å². The van der Waals surface area contributed by atoms with Gasteiger partial charge >= 0.3 is 0 Å². The largest absolute Gasteiger partial charge is 0.309 e. The fraction of sp³-hybridized carbons (Fsp3) is 0.0968. The Kier molecular flexibility index (Phi) is 5.52. The maximum Gasteiger partial charge on any atom is 0.172 e. The van der Waals surface area contributed by atoms with Crippen molar-refractivity contribution in [3.05, 3.63) is 126 Å². The van der Waals surface area contributed by atoms with Crippen molar-refractivity contribution in [3.8, 4) is 11.1 Å². The van der Waals surface area contributed by atoms with Crippen molar-refractivity contribution >= 4 is 33.8 Å². The van der Waals surface area contributed by atoms with Gasteiger partial charge < -0.3 is 4.57 Å². The second-order valence-electron chi connectivity index (χ2n) is 8.72. The molecule has 0 unspecified atom stereocenters. The Morgan fingerprint density at radius 2 is 1.06 bits per heavy atom. The van der Waals surface area contributed by atoms with E-state index in [0.717, 1.165) is 43.7 Å². The van der Waals surface area contributed by atoms with Gasteiger partial charge in [0.2, 0.25) is 0 Å². The van der Waals surface area contributed by atoms with Crippen LogP contribution in [-0.2, 0) is 4.57 Å². The zero-order chi connectivity index (χ0) is 23.0. The number of hydrogen-bond acceptors (Lipinski definition) is 1. The van der Waals surface area contributed by atoms with Gasteiger partial charge in [0.15, 0.2) is 7.14 Å². The molecule has 0 aliphatic carbocycles. The molecular formula is C31H27OP. The summed E-state index contributed by atoms with van der Waals surface area (Å²) in [7, 11) is -3.15. The first-order valence-electron chi connectivity index (χ1n) is 11.3. The van der Waals surface area contributed by atoms with Crippen molar-refractivity contribution in [1.82, 2.24) is 0 Å². The molecule has 162 valence electrons. The Morgan fingerprint density at radius 3 is 1.70 bits per heavy atom. The molecule has 0 atom stereocenters. The summed E-state index contributed by atoms with van der Waals surface area (Å²) in [5.74, 6) is 0. The highest BCUT2D eigenvalue weighted by molar-refractivity contribution is 7.85. The minimum Gasteiger partial charge on any atom is -0.309 e. The highest BCUT2D eigenvalue weighted by atomic mass is 31.2. The van der Waals surface area contributed by atoms with Crippen LogP contribution in [0.5, 0.6) is 0 Å². The second kappa shape index (κ2) is 8.50. The summed E-state index contributed by atoms with van der Waals surface area (Å²) >= 11 is 0. The molecule has 0 aliphatic heterocycles. The molecule has 0 fully saturated rings. The predicted molar refractivity (Wildman–Crippen MR) is 143 cm³/mol. The number of benzene rings is 5. The molecule has 0 aromatic heterocycles. The molecule has 0 saturated carbocycles. The summed E-state index contributed by atoms with van der Waals surface area (Å²) < 4.78 is 15.5. The zero-order valence-electron chi connectivity index (χ0n) is 19.2. The lowest BCUT2D eigenvalue weighted by Crippen LogP contribution is -2.30. The summed E-state index contributed by atoms with van der Waals surface area (Å²) in [5, 5.41) is 5.15. The third-order valence-corrected chi connectivity index (χ3v) is 10.1. The molecular weight excluding hydrogens is 419 g/mol. The van der Waals surface area contributed by atoms with E-state index in [2.05, 4.69) is 93.6 Å². The van der Waals surface area contributed by atoms with Crippen LogP contribution in [0.25, 0.3) is 21.9 Å². The third-order valence-electron chi connectivity index (χ3n) is 6.52. The van der Waals surface area contributed by atoms with E-state index in [1.54, 1.807) is 0 Å². The van der Waals surface area contributed by atoms with Crippen molar-refractivity contribution in [2.45, 2.75) is 20.8 Å². The first-order chi connectivity index (χ1) is 16.0. The second-order valence-corrected chi connectivity index (χ2v) is 11.3. The first-order valence-corrected chi connectivity index (χ1v) is 13.0. The first kappa shape index (κ1) is 21.4. The quantitative estimate of drug-likeness (QED) is 0.270. The SMILES string of the molecule is Cc1ccccc1P(=O)(c1ccccc1C)c1c(C)cccc1-c1ccc2ccccc2c1. The lowest BCUT2D eigenvalue weighted by Gasteiger charge is -2.27. The van der Waals surface area contributed by atoms with Crippen molar-refractivity contribution in [1.29, 1.82) is 0 Å². The van der Waals surface area contributed by atoms with Gasteiger partial charge in [-0.15, -0.1) is 0 Å². The van der Waals surface area contributed by atoms with E-state index in [9.17, 15) is 0 Å². The molecule has 5 rings (SSSR count). The number of fused-ring (bicyclic) bond motifs is 1. The van der Waals surface area contributed by atoms with Crippen molar-refractivity contribution in [2.75, 3.05) is 0 Å². The molecule has 5 aromatic carbocycles. The standard InChI is InChI=1S/C31H27OP/c1-22-11-4-8-17-29(22)33(32,30-18-9-5-12-23(30)2)31-24(3)13-10-16-28(31)27-20-19-25-14-6-7-15-26(25)21-27/h4-21H,1-3H3. The molecule has 0 N–H and O–H groups in total. The smallest absolute Gasteiger partial charge is 0.172 e. The Morgan fingerprint density at radius 1 is 0.515 bits per heavy atom. The molecule has 0 heterocycles. The van der Waals surface area contributed by atoms with Crippen LogP contribution in [0.3, 0.4) is 0 Å². The Labute approximate surface area is 196 Å². The van der Waals surface area contributed by atoms with Crippen molar-refractivity contribution in [3.63, 3.8) is 0 Å². The van der Waals surface area contributed by atoms with E-state index in [4.69, 9.17) is 0 Å². The molecule has 0 bridgehead atoms. The van der Waals surface area contributed by atoms with E-state index in [-0.39, 0.29) is 0 Å². The molecule has 1 nitrogen and oxygen atoms in total. The van der Waals surface area contributed by atoms with Crippen LogP contribution >= 0.6 is 7.14 Å². The van der Waals surface area contributed by atoms with Crippen LogP contribution in [0.2, 0.25) is 0 Å². The van der Waals surface area contributed by atoms with Gasteiger partial charge in [0, 0.05) is 15.9 Å². The number of rotatable bonds is 4. The molecule has 0 amide bonds. The zero-order valence-corrected chi connectivity index (χ0v) is 20.1. The van der Waals surface area contributed by atoms with Crippen molar-refractivity contribution < 1.29 is 4.57 Å². The van der Waals surface area contributed by atoms with Gasteiger partial charge in [-0.2, -0.15) is 0 Å². The topological polar surface area (TPSA) is 17.1 Å². The van der Waals surface area contributed by atoms with Gasteiger partial charge in [0.05, 0.1) is 0 Å². The lowest BCUT2D eigenvalue weighted by atomic mass is 10.00. The summed E-state index contributed by atoms with van der Waals surface area (Å²) in [5.41, 5.74) is 5.29. The molecule has 5 aromatic rings. The van der Waals surface area contributed by atoms with Gasteiger partial charge in [-0.05, 0) is 65.4 Å². The molecule has 0 aliphatic rings. The third kappa shape index (κ3) is 3.63. The fourth-order valence-electron chi connectivity index (χ4n) is 4.87. The predicted octanol–water partition coefficient (Wildman–Crippen LogP) is 7.07. The summed E-state index contributed by atoms with van der Waals surface area (Å²) in [6, 6.07) is 37.4. The summed E-state index contributed by atoms with van der Waals surface area (Å²) in [6.45, 7) is 6.21. The minimum absolute atomic E-state index is 0.913. The summed E-state index contributed by atoms with van der Waals surface area (Å²) in [6.07, 6.45) is 0. The van der Waals surface area contributed by atoms with Gasteiger partial charge in [-0.25, -0.2) is 0 Å². The minimum atomic E-state index is -3.15. The Balaban J connectivity index is 1.88. The average Bonchev–Trinajstić information content (AvgIpc) is 2.84. The van der Waals surface area contributed by atoms with Crippen LogP contribution in [0.4, 0.5) is 0 Å². The highest BCUT2D eigenvalue weighted by Gasteiger charge is 2.35. The maximum atomic E-state index is 15.5. The van der Waals surface area contributed by atoms with Crippen LogP contribution in [0.15, 0.2) is 109 Å². The van der Waals surface area contributed by atoms with E-state index < -0.39 is 7.14 Å². The molecule has 33 heavy (non-hydrogen) atoms. The summed E-state index contributed by atoms with van der Waals surface area (Å²) in [4.78, 5) is 0. The van der Waals surface area contributed by atoms with Crippen molar-refractivity contribution in [2.24, 2.45) is 0 Å². The van der Waals surface area contributed by atoms with Crippen LogP contribution in [0.1, 0.15) is 16.7 Å². The number of aryl methyl sites for hydroxylation is 3. The van der Waals surface area contributed by atoms with E-state index >= 15 is 4.57 Å². The van der Waals surface area contributed by atoms with Gasteiger partial charge in [-0.3, -0.25) is 0 Å². The monoisotopic (exact) mass is 446 g/mol. The molecule has 0 spiro atoms. The fourth-order valence-corrected chi connectivity index (χ4v) is 8.46. The maximum absolute atomic E-state index is 15.5. The lowest BCUT2D eigenvalue weighted by molar-refractivity contribution is 0.592.